The van der Waals surface area contributed by atoms with Crippen LogP contribution in [-0.4, -0.2) is 33.7 Å². The molecule has 1 aromatic carbocycles. The Morgan fingerprint density at radius 3 is 2.42 bits per heavy atom. The number of nitro benzene ring substituents is 1. The van der Waals surface area contributed by atoms with Gasteiger partial charge in [0.15, 0.2) is 0 Å². The Balaban J connectivity index is 2.81. The summed E-state index contributed by atoms with van der Waals surface area (Å²) in [5, 5.41) is 32.2. The van der Waals surface area contributed by atoms with Crippen molar-refractivity contribution in [2.45, 2.75) is 25.5 Å². The van der Waals surface area contributed by atoms with Crippen LogP contribution in [0.3, 0.4) is 0 Å². The van der Waals surface area contributed by atoms with Crippen LogP contribution in [-0.2, 0) is 4.79 Å². The van der Waals surface area contributed by atoms with Crippen LogP contribution in [0.2, 0.25) is 0 Å². The summed E-state index contributed by atoms with van der Waals surface area (Å²) in [5.74, 6) is -0.292. The molecule has 0 spiro atoms. The lowest BCUT2D eigenvalue weighted by Gasteiger charge is -2.22. The molecule has 7 nitrogen and oxygen atoms in total. The summed E-state index contributed by atoms with van der Waals surface area (Å²) in [6.07, 6.45) is -0.884. The Morgan fingerprint density at radius 2 is 2.00 bits per heavy atom. The summed E-state index contributed by atoms with van der Waals surface area (Å²) in [5.41, 5.74) is 0.301. The van der Waals surface area contributed by atoms with Crippen molar-refractivity contribution >= 4 is 11.6 Å². The molecule has 1 amide bonds. The van der Waals surface area contributed by atoms with E-state index in [0.29, 0.717) is 5.56 Å². The number of non-ortho nitro benzene ring substituents is 1. The number of aliphatic hydroxyl groups excluding tert-OH is 2. The van der Waals surface area contributed by atoms with Crippen molar-refractivity contribution in [3.8, 4) is 0 Å². The zero-order valence-corrected chi connectivity index (χ0v) is 10.4. The van der Waals surface area contributed by atoms with Gasteiger partial charge in [-0.25, -0.2) is 0 Å². The van der Waals surface area contributed by atoms with Gasteiger partial charge in [0.25, 0.3) is 5.69 Å². The highest BCUT2D eigenvalue weighted by atomic mass is 16.6. The third-order valence-electron chi connectivity index (χ3n) is 2.69. The van der Waals surface area contributed by atoms with E-state index in [-0.39, 0.29) is 18.0 Å². The standard InChI is InChI=1S/C12H16N2O5/c1-2-11(16)13-10(7-15)12(17)8-3-5-9(6-4-8)14(18)19/h3-6,10,12,15,17H,2,7H2,1H3,(H,13,16)/t10-,12-/m0/s1. The summed E-state index contributed by atoms with van der Waals surface area (Å²) >= 11 is 0. The van der Waals surface area contributed by atoms with Gasteiger partial charge in [-0.2, -0.15) is 0 Å². The summed E-state index contributed by atoms with van der Waals surface area (Å²) < 4.78 is 0. The number of rotatable bonds is 6. The molecular weight excluding hydrogens is 252 g/mol. The van der Waals surface area contributed by atoms with Gasteiger partial charge in [0.2, 0.25) is 5.91 Å². The second-order valence-electron chi connectivity index (χ2n) is 4.00. The number of carbonyl (C=O) groups is 1. The molecule has 19 heavy (non-hydrogen) atoms. The van der Waals surface area contributed by atoms with Gasteiger partial charge in [-0.05, 0) is 17.7 Å². The van der Waals surface area contributed by atoms with Crippen LogP contribution in [0.25, 0.3) is 0 Å². The van der Waals surface area contributed by atoms with Gasteiger partial charge >= 0.3 is 0 Å². The number of nitrogens with one attached hydrogen (secondary N) is 1. The summed E-state index contributed by atoms with van der Waals surface area (Å²) in [6.45, 7) is 1.23. The molecule has 1 rings (SSSR count). The molecule has 0 aliphatic carbocycles. The van der Waals surface area contributed by atoms with E-state index < -0.39 is 23.7 Å². The fraction of sp³-hybridized carbons (Fsp3) is 0.417. The second kappa shape index (κ2) is 6.81. The molecule has 0 saturated carbocycles. The maximum atomic E-state index is 11.2. The van der Waals surface area contributed by atoms with Crippen LogP contribution in [0.5, 0.6) is 0 Å². The topological polar surface area (TPSA) is 113 Å². The zero-order chi connectivity index (χ0) is 14.4. The molecular formula is C12H16N2O5. The maximum absolute atomic E-state index is 11.2. The Bertz CT molecular complexity index is 446. The van der Waals surface area contributed by atoms with Crippen molar-refractivity contribution in [1.29, 1.82) is 0 Å². The fourth-order valence-corrected chi connectivity index (χ4v) is 1.56. The minimum Gasteiger partial charge on any atom is -0.394 e. The summed E-state index contributed by atoms with van der Waals surface area (Å²) in [4.78, 5) is 21.2. The van der Waals surface area contributed by atoms with Gasteiger partial charge in [0, 0.05) is 18.6 Å². The normalized spacial score (nSPS) is 13.6. The third kappa shape index (κ3) is 4.01. The van der Waals surface area contributed by atoms with Crippen molar-refractivity contribution < 1.29 is 19.9 Å². The minimum atomic E-state index is -1.12. The van der Waals surface area contributed by atoms with E-state index in [1.165, 1.54) is 24.3 Å². The predicted octanol–water partition coefficient (Wildman–Crippen LogP) is 0.515. The van der Waals surface area contributed by atoms with E-state index in [4.69, 9.17) is 5.11 Å². The lowest BCUT2D eigenvalue weighted by molar-refractivity contribution is -0.384. The molecule has 2 atom stereocenters. The molecule has 7 heteroatoms. The lowest BCUT2D eigenvalue weighted by Crippen LogP contribution is -2.41. The Labute approximate surface area is 110 Å². The van der Waals surface area contributed by atoms with Gasteiger partial charge in [-0.15, -0.1) is 0 Å². The van der Waals surface area contributed by atoms with Crippen LogP contribution in [0, 0.1) is 10.1 Å². The molecule has 0 aliphatic heterocycles. The van der Waals surface area contributed by atoms with Crippen molar-refractivity contribution in [3.05, 3.63) is 39.9 Å². The number of hydrogen-bond donors (Lipinski definition) is 3. The number of benzene rings is 1. The highest BCUT2D eigenvalue weighted by molar-refractivity contribution is 5.75. The molecule has 0 fully saturated rings. The van der Waals surface area contributed by atoms with Gasteiger partial charge < -0.3 is 15.5 Å². The first-order chi connectivity index (χ1) is 8.99. The minimum absolute atomic E-state index is 0.0888. The van der Waals surface area contributed by atoms with Gasteiger partial charge in [0.1, 0.15) is 6.10 Å². The van der Waals surface area contributed by atoms with Crippen molar-refractivity contribution in [2.24, 2.45) is 0 Å². The molecule has 0 aliphatic rings. The predicted molar refractivity (Wildman–Crippen MR) is 67.4 cm³/mol. The molecule has 0 aromatic heterocycles. The molecule has 104 valence electrons. The molecule has 0 heterocycles. The van der Waals surface area contributed by atoms with E-state index >= 15 is 0 Å². The number of aliphatic hydroxyl groups is 2. The first-order valence-electron chi connectivity index (χ1n) is 5.82. The van der Waals surface area contributed by atoms with Crippen molar-refractivity contribution in [2.75, 3.05) is 6.61 Å². The largest absolute Gasteiger partial charge is 0.394 e. The average molecular weight is 268 g/mol. The average Bonchev–Trinajstić information content (AvgIpc) is 2.43. The molecule has 0 unspecified atom stereocenters. The SMILES string of the molecule is CCC(=O)N[C@@H](CO)[C@@H](O)c1ccc([N+](=O)[O-])cc1. The number of nitro groups is 1. The van der Waals surface area contributed by atoms with Gasteiger partial charge in [0.05, 0.1) is 17.6 Å². The quantitative estimate of drug-likeness (QED) is 0.514. The number of amides is 1. The Kier molecular flexibility index (Phi) is 5.40. The lowest BCUT2D eigenvalue weighted by atomic mass is 10.0. The Morgan fingerprint density at radius 1 is 1.42 bits per heavy atom. The van der Waals surface area contributed by atoms with E-state index in [9.17, 15) is 20.0 Å². The zero-order valence-electron chi connectivity index (χ0n) is 10.4. The van der Waals surface area contributed by atoms with Crippen LogP contribution in [0.15, 0.2) is 24.3 Å². The molecule has 0 radical (unpaired) electrons. The number of carbonyl (C=O) groups excluding carboxylic acids is 1. The third-order valence-corrected chi connectivity index (χ3v) is 2.69. The van der Waals surface area contributed by atoms with Crippen LogP contribution < -0.4 is 5.32 Å². The van der Waals surface area contributed by atoms with E-state index in [2.05, 4.69) is 5.32 Å². The van der Waals surface area contributed by atoms with Crippen LogP contribution in [0.1, 0.15) is 25.0 Å². The van der Waals surface area contributed by atoms with E-state index in [1.807, 2.05) is 0 Å². The van der Waals surface area contributed by atoms with Crippen molar-refractivity contribution in [3.63, 3.8) is 0 Å². The van der Waals surface area contributed by atoms with E-state index in [0.717, 1.165) is 0 Å². The van der Waals surface area contributed by atoms with Crippen LogP contribution in [0.4, 0.5) is 5.69 Å². The Hall–Kier alpha value is -1.99. The first-order valence-corrected chi connectivity index (χ1v) is 5.82. The van der Waals surface area contributed by atoms with Crippen molar-refractivity contribution in [1.82, 2.24) is 5.32 Å². The highest BCUT2D eigenvalue weighted by Gasteiger charge is 2.22. The molecule has 1 aromatic rings. The summed E-state index contributed by atoms with van der Waals surface area (Å²) in [7, 11) is 0. The van der Waals surface area contributed by atoms with E-state index in [1.54, 1.807) is 6.92 Å². The first kappa shape index (κ1) is 15.1. The maximum Gasteiger partial charge on any atom is 0.269 e. The number of hydrogen-bond acceptors (Lipinski definition) is 5. The smallest absolute Gasteiger partial charge is 0.269 e. The molecule has 0 bridgehead atoms. The van der Waals surface area contributed by atoms with Gasteiger partial charge in [-0.3, -0.25) is 14.9 Å². The fourth-order valence-electron chi connectivity index (χ4n) is 1.56. The number of nitrogens with zero attached hydrogens (tertiary/aromatic N) is 1. The summed E-state index contributed by atoms with van der Waals surface area (Å²) in [6, 6.07) is 4.46. The van der Waals surface area contributed by atoms with Gasteiger partial charge in [-0.1, -0.05) is 6.92 Å². The van der Waals surface area contributed by atoms with Crippen LogP contribution >= 0.6 is 0 Å². The monoisotopic (exact) mass is 268 g/mol. The molecule has 3 N–H and O–H groups in total. The second-order valence-corrected chi connectivity index (χ2v) is 4.00. The highest BCUT2D eigenvalue weighted by Crippen LogP contribution is 2.20. The molecule has 0 saturated heterocycles.